The number of rotatable bonds is 7. The van der Waals surface area contributed by atoms with Crippen molar-refractivity contribution in [2.75, 3.05) is 25.1 Å². The van der Waals surface area contributed by atoms with Crippen molar-refractivity contribution in [3.63, 3.8) is 0 Å². The maximum absolute atomic E-state index is 5.94. The molecule has 0 atom stereocenters. The SMILES string of the molecule is CCOc1ccccc1OCCNc1cc(Cl)cc(Cl)c1. The number of nitrogens with one attached hydrogen (secondary N) is 1. The maximum atomic E-state index is 5.94. The van der Waals surface area contributed by atoms with Crippen LogP contribution in [-0.2, 0) is 0 Å². The number of hydrogen-bond acceptors (Lipinski definition) is 3. The number of para-hydroxylation sites is 2. The fraction of sp³-hybridized carbons (Fsp3) is 0.250. The van der Waals surface area contributed by atoms with Crippen LogP contribution in [0.15, 0.2) is 42.5 Å². The van der Waals surface area contributed by atoms with E-state index < -0.39 is 0 Å². The average Bonchev–Trinajstić information content (AvgIpc) is 2.44. The van der Waals surface area contributed by atoms with Gasteiger partial charge < -0.3 is 14.8 Å². The standard InChI is InChI=1S/C16H17Cl2NO2/c1-2-20-15-5-3-4-6-16(15)21-8-7-19-14-10-12(17)9-13(18)11-14/h3-6,9-11,19H,2,7-8H2,1H3. The first-order chi connectivity index (χ1) is 10.2. The zero-order chi connectivity index (χ0) is 15.1. The molecule has 2 aromatic rings. The summed E-state index contributed by atoms with van der Waals surface area (Å²) in [5.41, 5.74) is 0.870. The van der Waals surface area contributed by atoms with Crippen LogP contribution in [0.5, 0.6) is 11.5 Å². The van der Waals surface area contributed by atoms with E-state index in [1.807, 2.05) is 43.3 Å². The molecular formula is C16H17Cl2NO2. The predicted molar refractivity (Wildman–Crippen MR) is 88.1 cm³/mol. The van der Waals surface area contributed by atoms with E-state index in [4.69, 9.17) is 32.7 Å². The van der Waals surface area contributed by atoms with Gasteiger partial charge in [0.15, 0.2) is 11.5 Å². The van der Waals surface area contributed by atoms with Gasteiger partial charge in [-0.1, -0.05) is 35.3 Å². The molecule has 0 aliphatic heterocycles. The zero-order valence-electron chi connectivity index (χ0n) is 11.7. The van der Waals surface area contributed by atoms with Crippen molar-refractivity contribution in [2.24, 2.45) is 0 Å². The minimum Gasteiger partial charge on any atom is -0.490 e. The molecule has 5 heteroatoms. The summed E-state index contributed by atoms with van der Waals surface area (Å²) in [4.78, 5) is 0. The molecule has 2 rings (SSSR count). The van der Waals surface area contributed by atoms with Gasteiger partial charge >= 0.3 is 0 Å². The Kier molecular flexibility index (Phi) is 6.03. The number of halogens is 2. The van der Waals surface area contributed by atoms with E-state index in [0.717, 1.165) is 17.2 Å². The monoisotopic (exact) mass is 325 g/mol. The third-order valence-electron chi connectivity index (χ3n) is 2.70. The Balaban J connectivity index is 1.84. The Bertz CT molecular complexity index is 570. The number of anilines is 1. The van der Waals surface area contributed by atoms with Crippen molar-refractivity contribution in [3.05, 3.63) is 52.5 Å². The maximum Gasteiger partial charge on any atom is 0.161 e. The summed E-state index contributed by atoms with van der Waals surface area (Å²) in [6.45, 7) is 3.70. The molecule has 2 aromatic carbocycles. The van der Waals surface area contributed by atoms with E-state index in [-0.39, 0.29) is 0 Å². The van der Waals surface area contributed by atoms with E-state index in [0.29, 0.717) is 29.8 Å². The van der Waals surface area contributed by atoms with Gasteiger partial charge in [-0.05, 0) is 37.3 Å². The van der Waals surface area contributed by atoms with Gasteiger partial charge in [0.05, 0.1) is 6.61 Å². The van der Waals surface area contributed by atoms with Crippen molar-refractivity contribution in [3.8, 4) is 11.5 Å². The molecule has 0 heterocycles. The minimum absolute atomic E-state index is 0.508. The molecule has 0 saturated carbocycles. The molecule has 0 aliphatic rings. The molecule has 112 valence electrons. The van der Waals surface area contributed by atoms with Crippen LogP contribution in [0.1, 0.15) is 6.92 Å². The molecule has 0 aliphatic carbocycles. The van der Waals surface area contributed by atoms with Crippen molar-refractivity contribution in [2.45, 2.75) is 6.92 Å². The second-order valence-electron chi connectivity index (χ2n) is 4.31. The van der Waals surface area contributed by atoms with E-state index in [1.165, 1.54) is 0 Å². The van der Waals surface area contributed by atoms with Crippen LogP contribution in [0, 0.1) is 0 Å². The van der Waals surface area contributed by atoms with E-state index in [1.54, 1.807) is 6.07 Å². The highest BCUT2D eigenvalue weighted by atomic mass is 35.5. The molecule has 0 saturated heterocycles. The van der Waals surface area contributed by atoms with E-state index in [2.05, 4.69) is 5.32 Å². The van der Waals surface area contributed by atoms with Crippen molar-refractivity contribution < 1.29 is 9.47 Å². The largest absolute Gasteiger partial charge is 0.490 e. The summed E-state index contributed by atoms with van der Waals surface area (Å²) in [6.07, 6.45) is 0. The highest BCUT2D eigenvalue weighted by Gasteiger charge is 2.03. The summed E-state index contributed by atoms with van der Waals surface area (Å²) in [5, 5.41) is 4.42. The van der Waals surface area contributed by atoms with Gasteiger partial charge in [0, 0.05) is 22.3 Å². The summed E-state index contributed by atoms with van der Waals surface area (Å²) >= 11 is 11.9. The molecule has 21 heavy (non-hydrogen) atoms. The Morgan fingerprint density at radius 2 is 1.57 bits per heavy atom. The Labute approximate surface area is 134 Å². The van der Waals surface area contributed by atoms with Crippen LogP contribution in [0.2, 0.25) is 10.0 Å². The molecular weight excluding hydrogens is 309 g/mol. The van der Waals surface area contributed by atoms with Crippen LogP contribution >= 0.6 is 23.2 Å². The predicted octanol–water partition coefficient (Wildman–Crippen LogP) is 4.88. The Hall–Kier alpha value is -1.58. The van der Waals surface area contributed by atoms with E-state index >= 15 is 0 Å². The lowest BCUT2D eigenvalue weighted by Gasteiger charge is -2.12. The Morgan fingerprint density at radius 3 is 2.19 bits per heavy atom. The van der Waals surface area contributed by atoms with Gasteiger partial charge in [0.1, 0.15) is 6.61 Å². The quantitative estimate of drug-likeness (QED) is 0.735. The summed E-state index contributed by atoms with van der Waals surface area (Å²) < 4.78 is 11.2. The molecule has 0 bridgehead atoms. The topological polar surface area (TPSA) is 30.5 Å². The molecule has 0 radical (unpaired) electrons. The van der Waals surface area contributed by atoms with Crippen LogP contribution in [0.3, 0.4) is 0 Å². The second kappa shape index (κ2) is 8.01. The lowest BCUT2D eigenvalue weighted by Crippen LogP contribution is -2.12. The van der Waals surface area contributed by atoms with Gasteiger partial charge in [0.2, 0.25) is 0 Å². The lowest BCUT2D eigenvalue weighted by atomic mass is 10.3. The number of benzene rings is 2. The normalized spacial score (nSPS) is 10.2. The van der Waals surface area contributed by atoms with Crippen LogP contribution in [-0.4, -0.2) is 19.8 Å². The fourth-order valence-corrected chi connectivity index (χ4v) is 2.38. The molecule has 0 unspecified atom stereocenters. The van der Waals surface area contributed by atoms with Crippen LogP contribution < -0.4 is 14.8 Å². The molecule has 0 spiro atoms. The third-order valence-corrected chi connectivity index (χ3v) is 3.14. The Morgan fingerprint density at radius 1 is 0.952 bits per heavy atom. The van der Waals surface area contributed by atoms with Crippen molar-refractivity contribution in [1.82, 2.24) is 0 Å². The summed E-state index contributed by atoms with van der Waals surface area (Å²) in [6, 6.07) is 13.0. The van der Waals surface area contributed by atoms with E-state index in [9.17, 15) is 0 Å². The molecule has 0 fully saturated rings. The minimum atomic E-state index is 0.508. The second-order valence-corrected chi connectivity index (χ2v) is 5.19. The van der Waals surface area contributed by atoms with Gasteiger partial charge in [-0.2, -0.15) is 0 Å². The first-order valence-electron chi connectivity index (χ1n) is 6.73. The molecule has 0 amide bonds. The lowest BCUT2D eigenvalue weighted by molar-refractivity contribution is 0.284. The molecule has 3 nitrogen and oxygen atoms in total. The highest BCUT2D eigenvalue weighted by Crippen LogP contribution is 2.26. The van der Waals surface area contributed by atoms with Crippen LogP contribution in [0.25, 0.3) is 0 Å². The zero-order valence-corrected chi connectivity index (χ0v) is 13.2. The van der Waals surface area contributed by atoms with Gasteiger partial charge in [-0.3, -0.25) is 0 Å². The summed E-state index contributed by atoms with van der Waals surface area (Å²) in [7, 11) is 0. The molecule has 1 N–H and O–H groups in total. The summed E-state index contributed by atoms with van der Waals surface area (Å²) in [5.74, 6) is 1.50. The third kappa shape index (κ3) is 5.03. The number of ether oxygens (including phenoxy) is 2. The van der Waals surface area contributed by atoms with Gasteiger partial charge in [-0.15, -0.1) is 0 Å². The van der Waals surface area contributed by atoms with Crippen LogP contribution in [0.4, 0.5) is 5.69 Å². The molecule has 0 aromatic heterocycles. The van der Waals surface area contributed by atoms with Gasteiger partial charge in [-0.25, -0.2) is 0 Å². The van der Waals surface area contributed by atoms with Gasteiger partial charge in [0.25, 0.3) is 0 Å². The van der Waals surface area contributed by atoms with Crippen molar-refractivity contribution >= 4 is 28.9 Å². The number of hydrogen-bond donors (Lipinski definition) is 1. The highest BCUT2D eigenvalue weighted by molar-refractivity contribution is 6.35. The first-order valence-corrected chi connectivity index (χ1v) is 7.49. The first kappa shape index (κ1) is 15.8. The smallest absolute Gasteiger partial charge is 0.161 e. The average molecular weight is 326 g/mol. The van der Waals surface area contributed by atoms with Crippen molar-refractivity contribution in [1.29, 1.82) is 0 Å². The fourth-order valence-electron chi connectivity index (χ4n) is 1.86.